The van der Waals surface area contributed by atoms with Gasteiger partial charge in [-0.2, -0.15) is 4.98 Å². The first-order chi connectivity index (χ1) is 17.1. The molecule has 0 saturated heterocycles. The number of aromatic nitrogens is 2. The van der Waals surface area contributed by atoms with Crippen LogP contribution < -0.4 is 15.0 Å². The fraction of sp³-hybridized carbons (Fsp3) is 0.103. The third-order valence-corrected chi connectivity index (χ3v) is 6.14. The molecule has 0 aliphatic carbocycles. The van der Waals surface area contributed by atoms with Crippen LogP contribution in [0.2, 0.25) is 0 Å². The Balaban J connectivity index is 1.58. The largest absolute Gasteiger partial charge is 0.473 e. The fourth-order valence-electron chi connectivity index (χ4n) is 3.89. The Morgan fingerprint density at radius 2 is 1.46 bits per heavy atom. The van der Waals surface area contributed by atoms with Crippen LogP contribution in [0.25, 0.3) is 16.6 Å². The van der Waals surface area contributed by atoms with Crippen molar-refractivity contribution in [2.45, 2.75) is 20.1 Å². The summed E-state index contributed by atoms with van der Waals surface area (Å²) in [4.78, 5) is 18.0. The van der Waals surface area contributed by atoms with E-state index in [1.54, 1.807) is 10.6 Å². The zero-order valence-electron chi connectivity index (χ0n) is 19.1. The minimum Gasteiger partial charge on any atom is -0.473 e. The van der Waals surface area contributed by atoms with Gasteiger partial charge in [-0.05, 0) is 48.4 Å². The Labute approximate surface area is 211 Å². The lowest BCUT2D eigenvalue weighted by molar-refractivity contribution is 0.267. The normalized spacial score (nSPS) is 10.9. The highest BCUT2D eigenvalue weighted by Gasteiger charge is 2.16. The summed E-state index contributed by atoms with van der Waals surface area (Å²) in [6.45, 7) is 2.51. The number of nitrogens with zero attached hydrogens (tertiary/aromatic N) is 2. The molecular weight excluding hydrogens is 504 g/mol. The third kappa shape index (κ3) is 5.12. The van der Waals surface area contributed by atoms with Crippen LogP contribution in [0.4, 0.5) is 0 Å². The Morgan fingerprint density at radius 3 is 2.14 bits per heavy atom. The molecule has 2 heterocycles. The second-order valence-corrected chi connectivity index (χ2v) is 9.11. The van der Waals surface area contributed by atoms with Gasteiger partial charge < -0.3 is 9.47 Å². The molecule has 35 heavy (non-hydrogen) atoms. The monoisotopic (exact) mass is 526 g/mol. The zero-order chi connectivity index (χ0) is 24.2. The van der Waals surface area contributed by atoms with E-state index in [0.29, 0.717) is 36.2 Å². The lowest BCUT2D eigenvalue weighted by Crippen LogP contribution is -2.22. The summed E-state index contributed by atoms with van der Waals surface area (Å²) in [5.41, 5.74) is 3.89. The van der Waals surface area contributed by atoms with E-state index >= 15 is 0 Å². The quantitative estimate of drug-likeness (QED) is 0.239. The van der Waals surface area contributed by atoms with Crippen LogP contribution in [0.5, 0.6) is 11.8 Å². The minimum atomic E-state index is -0.121. The van der Waals surface area contributed by atoms with E-state index in [9.17, 15) is 4.79 Å². The maximum Gasteiger partial charge on any atom is 0.258 e. The van der Waals surface area contributed by atoms with Crippen molar-refractivity contribution >= 4 is 26.8 Å². The van der Waals surface area contributed by atoms with Crippen molar-refractivity contribution in [3.63, 3.8) is 0 Å². The molecule has 2 aromatic heterocycles. The van der Waals surface area contributed by atoms with Gasteiger partial charge in [0.25, 0.3) is 5.56 Å². The van der Waals surface area contributed by atoms with Gasteiger partial charge in [0.1, 0.15) is 18.9 Å². The van der Waals surface area contributed by atoms with Gasteiger partial charge in [0.2, 0.25) is 11.8 Å². The van der Waals surface area contributed by atoms with Crippen molar-refractivity contribution in [3.05, 3.63) is 129 Å². The lowest BCUT2D eigenvalue weighted by atomic mass is 10.1. The first-order valence-corrected chi connectivity index (χ1v) is 12.0. The molecule has 5 rings (SSSR count). The zero-order valence-corrected chi connectivity index (χ0v) is 20.7. The van der Waals surface area contributed by atoms with Crippen molar-refractivity contribution in [1.29, 1.82) is 0 Å². The molecule has 0 spiro atoms. The highest BCUT2D eigenvalue weighted by atomic mass is 79.9. The molecular formula is C29H23BrN2O3. The van der Waals surface area contributed by atoms with Gasteiger partial charge in [-0.3, -0.25) is 9.36 Å². The number of benzene rings is 3. The SMILES string of the molecule is Cc1cc2cc(Br)ccc2n(-c2ccc(OCc3ccccc3)nc2OCc2ccccc2)c1=O. The van der Waals surface area contributed by atoms with Gasteiger partial charge in [-0.25, -0.2) is 0 Å². The molecule has 0 fully saturated rings. The van der Waals surface area contributed by atoms with Crippen molar-refractivity contribution in [1.82, 2.24) is 9.55 Å². The smallest absolute Gasteiger partial charge is 0.258 e. The van der Waals surface area contributed by atoms with Gasteiger partial charge in [0.15, 0.2) is 0 Å². The molecule has 0 unspecified atom stereocenters. The molecule has 3 aromatic carbocycles. The molecule has 0 aliphatic heterocycles. The maximum absolute atomic E-state index is 13.3. The predicted molar refractivity (Wildman–Crippen MR) is 141 cm³/mol. The van der Waals surface area contributed by atoms with Crippen molar-refractivity contribution in [2.24, 2.45) is 0 Å². The van der Waals surface area contributed by atoms with Crippen LogP contribution in [-0.2, 0) is 13.2 Å². The van der Waals surface area contributed by atoms with Crippen LogP contribution in [0.15, 0.2) is 106 Å². The summed E-state index contributed by atoms with van der Waals surface area (Å²) in [6, 6.07) is 31.1. The van der Waals surface area contributed by atoms with E-state index in [1.165, 1.54) is 0 Å². The second kappa shape index (κ2) is 10.2. The first-order valence-electron chi connectivity index (χ1n) is 11.3. The predicted octanol–water partition coefficient (Wildman–Crippen LogP) is 6.61. The van der Waals surface area contributed by atoms with Crippen LogP contribution in [0, 0.1) is 6.92 Å². The highest BCUT2D eigenvalue weighted by molar-refractivity contribution is 9.10. The molecule has 0 amide bonds. The molecule has 0 saturated carbocycles. The number of fused-ring (bicyclic) bond motifs is 1. The Bertz CT molecular complexity index is 1530. The Kier molecular flexibility index (Phi) is 6.64. The van der Waals surface area contributed by atoms with Crippen LogP contribution in [0.1, 0.15) is 16.7 Å². The van der Waals surface area contributed by atoms with Crippen LogP contribution in [0.3, 0.4) is 0 Å². The molecule has 5 nitrogen and oxygen atoms in total. The van der Waals surface area contributed by atoms with E-state index in [0.717, 1.165) is 26.5 Å². The molecule has 0 radical (unpaired) electrons. The number of rotatable bonds is 7. The van der Waals surface area contributed by atoms with E-state index < -0.39 is 0 Å². The van der Waals surface area contributed by atoms with Gasteiger partial charge in [0.05, 0.1) is 5.52 Å². The molecule has 0 aliphatic rings. The van der Waals surface area contributed by atoms with Crippen molar-refractivity contribution < 1.29 is 9.47 Å². The van der Waals surface area contributed by atoms with E-state index in [2.05, 4.69) is 20.9 Å². The molecule has 0 bridgehead atoms. The summed E-state index contributed by atoms with van der Waals surface area (Å²) >= 11 is 3.53. The first kappa shape index (κ1) is 22.9. The second-order valence-electron chi connectivity index (χ2n) is 8.19. The number of aryl methyl sites for hydroxylation is 1. The minimum absolute atomic E-state index is 0.121. The number of hydrogen-bond acceptors (Lipinski definition) is 4. The highest BCUT2D eigenvalue weighted by Crippen LogP contribution is 2.29. The van der Waals surface area contributed by atoms with Crippen molar-refractivity contribution in [3.8, 4) is 17.4 Å². The standard InChI is InChI=1S/C29H23BrN2O3/c1-20-16-23-17-24(30)12-13-25(23)32(29(20)33)26-14-15-27(34-18-21-8-4-2-5-9-21)31-28(26)35-19-22-10-6-3-7-11-22/h2-17H,18-19H2,1H3. The average molecular weight is 527 g/mol. The van der Waals surface area contributed by atoms with E-state index in [4.69, 9.17) is 9.47 Å². The Hall–Kier alpha value is -3.90. The van der Waals surface area contributed by atoms with E-state index in [1.807, 2.05) is 97.9 Å². The molecule has 174 valence electrons. The summed E-state index contributed by atoms with van der Waals surface area (Å²) in [5, 5.41) is 0.940. The fourth-order valence-corrected chi connectivity index (χ4v) is 4.27. The summed E-state index contributed by atoms with van der Waals surface area (Å²) in [5.74, 6) is 0.754. The van der Waals surface area contributed by atoms with Crippen LogP contribution >= 0.6 is 15.9 Å². The lowest BCUT2D eigenvalue weighted by Gasteiger charge is -2.17. The maximum atomic E-state index is 13.3. The topological polar surface area (TPSA) is 53.4 Å². The van der Waals surface area contributed by atoms with Gasteiger partial charge in [-0.15, -0.1) is 0 Å². The molecule has 0 atom stereocenters. The molecule has 5 aromatic rings. The number of halogens is 1. The summed E-state index contributed by atoms with van der Waals surface area (Å²) < 4.78 is 14.7. The Morgan fingerprint density at radius 1 is 0.800 bits per heavy atom. The van der Waals surface area contributed by atoms with Crippen molar-refractivity contribution in [2.75, 3.05) is 0 Å². The molecule has 6 heteroatoms. The molecule has 0 N–H and O–H groups in total. The summed E-state index contributed by atoms with van der Waals surface area (Å²) in [7, 11) is 0. The average Bonchev–Trinajstić information content (AvgIpc) is 2.89. The number of hydrogen-bond donors (Lipinski definition) is 0. The summed E-state index contributed by atoms with van der Waals surface area (Å²) in [6.07, 6.45) is 0. The van der Waals surface area contributed by atoms with Gasteiger partial charge >= 0.3 is 0 Å². The number of ether oxygens (including phenoxy) is 2. The van der Waals surface area contributed by atoms with Crippen LogP contribution in [-0.4, -0.2) is 9.55 Å². The van der Waals surface area contributed by atoms with Gasteiger partial charge in [0, 0.05) is 21.5 Å². The van der Waals surface area contributed by atoms with Gasteiger partial charge in [-0.1, -0.05) is 76.6 Å². The number of pyridine rings is 2. The van der Waals surface area contributed by atoms with E-state index in [-0.39, 0.29) is 5.56 Å². The third-order valence-electron chi connectivity index (χ3n) is 5.65.